The summed E-state index contributed by atoms with van der Waals surface area (Å²) in [6, 6.07) is 0. The van der Waals surface area contributed by atoms with Crippen molar-refractivity contribution in [3.05, 3.63) is 11.4 Å². The average molecular weight is 252 g/mol. The molecule has 1 aromatic heterocycles. The van der Waals surface area contributed by atoms with Gasteiger partial charge >= 0.3 is 5.97 Å². The Morgan fingerprint density at radius 2 is 2.17 bits per heavy atom. The van der Waals surface area contributed by atoms with Crippen LogP contribution in [-0.4, -0.2) is 49.3 Å². The molecule has 0 radical (unpaired) electrons. The van der Waals surface area contributed by atoms with Crippen LogP contribution in [0.25, 0.3) is 0 Å². The Labute approximate surface area is 102 Å². The molecule has 18 heavy (non-hydrogen) atoms. The van der Waals surface area contributed by atoms with E-state index in [9.17, 15) is 14.4 Å². The van der Waals surface area contributed by atoms with Crippen LogP contribution < -0.4 is 0 Å². The largest absolute Gasteiger partial charge is 0.476 e. The molecule has 1 fully saturated rings. The van der Waals surface area contributed by atoms with Gasteiger partial charge in [0.05, 0.1) is 5.69 Å². The second-order valence-corrected chi connectivity index (χ2v) is 4.03. The third-order valence-electron chi connectivity index (χ3n) is 2.84. The molecule has 1 saturated heterocycles. The van der Waals surface area contributed by atoms with Crippen LogP contribution in [0.1, 0.15) is 29.0 Å². The van der Waals surface area contributed by atoms with E-state index >= 15 is 0 Å². The molecular formula is C10H12N4O4. The maximum atomic E-state index is 11.8. The lowest BCUT2D eigenvalue weighted by molar-refractivity contribution is -0.142. The number of amides is 2. The fourth-order valence-corrected chi connectivity index (χ4v) is 1.83. The zero-order chi connectivity index (χ0) is 13.3. The van der Waals surface area contributed by atoms with Gasteiger partial charge < -0.3 is 5.11 Å². The number of rotatable bonds is 3. The first-order valence-corrected chi connectivity index (χ1v) is 5.47. The zero-order valence-electron chi connectivity index (χ0n) is 9.79. The van der Waals surface area contributed by atoms with Gasteiger partial charge in [-0.05, 0) is 13.3 Å². The highest BCUT2D eigenvalue weighted by atomic mass is 16.4. The minimum atomic E-state index is -1.19. The van der Waals surface area contributed by atoms with E-state index in [1.807, 2.05) is 0 Å². The highest BCUT2D eigenvalue weighted by molar-refractivity contribution is 5.96. The molecule has 2 rings (SSSR count). The first-order chi connectivity index (χ1) is 8.50. The summed E-state index contributed by atoms with van der Waals surface area (Å²) in [7, 11) is 0. The molecule has 0 aromatic carbocycles. The Bertz CT molecular complexity index is 522. The van der Waals surface area contributed by atoms with Crippen molar-refractivity contribution in [1.29, 1.82) is 0 Å². The van der Waals surface area contributed by atoms with Crippen LogP contribution in [0, 0.1) is 6.92 Å². The van der Waals surface area contributed by atoms with Gasteiger partial charge in [-0.15, -0.1) is 5.10 Å². The number of carbonyl (C=O) groups excluding carboxylic acids is 2. The number of aromatic carboxylic acids is 1. The molecular weight excluding hydrogens is 240 g/mol. The maximum absolute atomic E-state index is 11.8. The molecule has 0 aliphatic carbocycles. The summed E-state index contributed by atoms with van der Waals surface area (Å²) in [5, 5.41) is 15.9. The van der Waals surface area contributed by atoms with Gasteiger partial charge in [-0.2, -0.15) is 0 Å². The normalized spacial score (nSPS) is 15.2. The van der Waals surface area contributed by atoms with E-state index < -0.39 is 5.97 Å². The lowest BCUT2D eigenvalue weighted by Gasteiger charge is -2.13. The summed E-state index contributed by atoms with van der Waals surface area (Å²) >= 11 is 0. The Hall–Kier alpha value is -2.25. The molecule has 2 amide bonds. The molecule has 1 aromatic rings. The topological polar surface area (TPSA) is 105 Å². The number of carbonyl (C=O) groups is 3. The highest BCUT2D eigenvalue weighted by Gasteiger charge is 2.27. The van der Waals surface area contributed by atoms with Crippen molar-refractivity contribution in [2.45, 2.75) is 26.3 Å². The molecule has 0 bridgehead atoms. The minimum absolute atomic E-state index is 0.169. The molecule has 8 heteroatoms. The SMILES string of the molecule is Cc1c(C(=O)O)nnn1CC(=O)N1CCCC1=O. The van der Waals surface area contributed by atoms with Crippen LogP contribution in [0.4, 0.5) is 0 Å². The fourth-order valence-electron chi connectivity index (χ4n) is 1.83. The second-order valence-electron chi connectivity index (χ2n) is 4.03. The predicted octanol–water partition coefficient (Wildman–Crippen LogP) is -0.566. The number of carboxylic acid groups (broad SMARTS) is 1. The second kappa shape index (κ2) is 4.55. The van der Waals surface area contributed by atoms with E-state index in [2.05, 4.69) is 10.3 Å². The predicted molar refractivity (Wildman–Crippen MR) is 57.7 cm³/mol. The van der Waals surface area contributed by atoms with Crippen molar-refractivity contribution < 1.29 is 19.5 Å². The lowest BCUT2D eigenvalue weighted by Crippen LogP contribution is -2.35. The van der Waals surface area contributed by atoms with Crippen molar-refractivity contribution >= 4 is 17.8 Å². The third-order valence-corrected chi connectivity index (χ3v) is 2.84. The van der Waals surface area contributed by atoms with E-state index in [1.165, 1.54) is 16.5 Å². The monoisotopic (exact) mass is 252 g/mol. The quantitative estimate of drug-likeness (QED) is 0.772. The number of nitrogens with zero attached hydrogens (tertiary/aromatic N) is 4. The average Bonchev–Trinajstić information content (AvgIpc) is 2.86. The summed E-state index contributed by atoms with van der Waals surface area (Å²) in [6.45, 7) is 1.76. The van der Waals surface area contributed by atoms with Crippen LogP contribution in [0.15, 0.2) is 0 Å². The third kappa shape index (κ3) is 2.08. The van der Waals surface area contributed by atoms with Gasteiger partial charge in [0.15, 0.2) is 5.69 Å². The summed E-state index contributed by atoms with van der Waals surface area (Å²) in [6.07, 6.45) is 1.05. The van der Waals surface area contributed by atoms with Crippen LogP contribution in [0.2, 0.25) is 0 Å². The smallest absolute Gasteiger partial charge is 0.358 e. The standard InChI is InChI=1S/C10H12N4O4/c1-6-9(10(17)18)11-12-14(6)5-8(16)13-4-2-3-7(13)15/h2-5H2,1H3,(H,17,18). The Morgan fingerprint density at radius 1 is 1.44 bits per heavy atom. The first-order valence-electron chi connectivity index (χ1n) is 5.47. The molecule has 0 unspecified atom stereocenters. The zero-order valence-corrected chi connectivity index (χ0v) is 9.79. The molecule has 1 aliphatic heterocycles. The van der Waals surface area contributed by atoms with Crippen molar-refractivity contribution in [3.8, 4) is 0 Å². The maximum Gasteiger partial charge on any atom is 0.358 e. The van der Waals surface area contributed by atoms with E-state index in [1.54, 1.807) is 0 Å². The van der Waals surface area contributed by atoms with Gasteiger partial charge in [0.25, 0.3) is 5.91 Å². The van der Waals surface area contributed by atoms with Crippen LogP contribution in [0.3, 0.4) is 0 Å². The summed E-state index contributed by atoms with van der Waals surface area (Å²) in [4.78, 5) is 35.1. The summed E-state index contributed by atoms with van der Waals surface area (Å²) in [5.74, 6) is -1.78. The lowest BCUT2D eigenvalue weighted by atomic mass is 10.3. The molecule has 1 aliphatic rings. The van der Waals surface area contributed by atoms with E-state index in [4.69, 9.17) is 5.11 Å². The molecule has 2 heterocycles. The molecule has 8 nitrogen and oxygen atoms in total. The van der Waals surface area contributed by atoms with E-state index in [-0.39, 0.29) is 24.1 Å². The molecule has 0 spiro atoms. The minimum Gasteiger partial charge on any atom is -0.476 e. The highest BCUT2D eigenvalue weighted by Crippen LogP contribution is 2.11. The van der Waals surface area contributed by atoms with E-state index in [0.717, 1.165) is 0 Å². The number of likely N-dealkylation sites (tertiary alicyclic amines) is 1. The number of carboxylic acids is 1. The Morgan fingerprint density at radius 3 is 2.67 bits per heavy atom. The number of imide groups is 1. The van der Waals surface area contributed by atoms with Gasteiger partial charge in [-0.1, -0.05) is 5.21 Å². The van der Waals surface area contributed by atoms with Crippen molar-refractivity contribution in [2.24, 2.45) is 0 Å². The Balaban J connectivity index is 2.12. The molecule has 0 saturated carbocycles. The summed E-state index contributed by atoms with van der Waals surface area (Å²) in [5.41, 5.74) is 0.109. The number of aromatic nitrogens is 3. The Kier molecular flexibility index (Phi) is 3.09. The van der Waals surface area contributed by atoms with Crippen LogP contribution in [0.5, 0.6) is 0 Å². The van der Waals surface area contributed by atoms with Gasteiger partial charge in [-0.25, -0.2) is 9.48 Å². The number of hydrogen-bond acceptors (Lipinski definition) is 5. The van der Waals surface area contributed by atoms with Crippen molar-refractivity contribution in [2.75, 3.05) is 6.54 Å². The molecule has 1 N–H and O–H groups in total. The summed E-state index contributed by atoms with van der Waals surface area (Å²) < 4.78 is 1.19. The van der Waals surface area contributed by atoms with Gasteiger partial charge in [0.1, 0.15) is 6.54 Å². The van der Waals surface area contributed by atoms with E-state index in [0.29, 0.717) is 25.1 Å². The van der Waals surface area contributed by atoms with Crippen molar-refractivity contribution in [1.82, 2.24) is 19.9 Å². The molecule has 0 atom stereocenters. The van der Waals surface area contributed by atoms with Crippen LogP contribution >= 0.6 is 0 Å². The van der Waals surface area contributed by atoms with Gasteiger partial charge in [-0.3, -0.25) is 14.5 Å². The number of hydrogen-bond donors (Lipinski definition) is 1. The fraction of sp³-hybridized carbons (Fsp3) is 0.500. The first kappa shape index (κ1) is 12.2. The van der Waals surface area contributed by atoms with Gasteiger partial charge in [0, 0.05) is 13.0 Å². The molecule has 96 valence electrons. The van der Waals surface area contributed by atoms with Gasteiger partial charge in [0.2, 0.25) is 5.91 Å². The van der Waals surface area contributed by atoms with Crippen molar-refractivity contribution in [3.63, 3.8) is 0 Å². The van der Waals surface area contributed by atoms with Crippen LogP contribution in [-0.2, 0) is 16.1 Å².